The van der Waals surface area contributed by atoms with Gasteiger partial charge in [-0.3, -0.25) is 4.90 Å². The number of hydrogen-bond donors (Lipinski definition) is 2. The molecule has 3 aromatic rings. The number of nitrogens with one attached hydrogen (secondary N) is 1. The van der Waals surface area contributed by atoms with Crippen LogP contribution in [0.5, 0.6) is 28.7 Å². The van der Waals surface area contributed by atoms with Crippen molar-refractivity contribution in [2.45, 2.75) is 38.3 Å². The predicted molar refractivity (Wildman–Crippen MR) is 152 cm³/mol. The summed E-state index contributed by atoms with van der Waals surface area (Å²) >= 11 is 0. The molecule has 0 radical (unpaired) electrons. The highest BCUT2D eigenvalue weighted by Crippen LogP contribution is 2.40. The molecule has 0 aliphatic carbocycles. The lowest BCUT2D eigenvalue weighted by Gasteiger charge is -2.35. The van der Waals surface area contributed by atoms with Crippen LogP contribution < -0.4 is 24.3 Å². The first-order valence-corrected chi connectivity index (χ1v) is 13.4. The van der Waals surface area contributed by atoms with Gasteiger partial charge in [0.15, 0.2) is 23.0 Å². The topological polar surface area (TPSA) is 72.4 Å². The van der Waals surface area contributed by atoms with Crippen LogP contribution in [-0.2, 0) is 19.3 Å². The summed E-state index contributed by atoms with van der Waals surface area (Å²) in [7, 11) is 7.39. The Hall–Kier alpha value is -3.52. The lowest BCUT2D eigenvalue weighted by atomic mass is 9.88. The zero-order chi connectivity index (χ0) is 27.5. The van der Waals surface area contributed by atoms with Gasteiger partial charge in [-0.15, -0.1) is 0 Å². The SMILES string of the molecule is CN[C@H]1Cc2ccc(OC)c(c2)Oc2ccc(cc2)C[C@H]2c3cc(c(OC)cc3CCN2C)O/C(CO)=C\1C. The molecule has 0 saturated carbocycles. The number of methoxy groups -OCH3 is 2. The Labute approximate surface area is 231 Å². The fourth-order valence-electron chi connectivity index (χ4n) is 5.58. The largest absolute Gasteiger partial charge is 0.493 e. The van der Waals surface area contributed by atoms with Crippen LogP contribution in [0.1, 0.15) is 35.2 Å². The van der Waals surface area contributed by atoms with Crippen molar-refractivity contribution < 1.29 is 24.1 Å². The van der Waals surface area contributed by atoms with Crippen molar-refractivity contribution in [3.05, 3.63) is 88.2 Å². The minimum atomic E-state index is -0.226. The molecule has 0 saturated heterocycles. The average molecular weight is 531 g/mol. The van der Waals surface area contributed by atoms with E-state index in [1.165, 1.54) is 16.7 Å². The van der Waals surface area contributed by atoms with Crippen molar-refractivity contribution in [3.8, 4) is 28.7 Å². The molecule has 0 aromatic heterocycles. The quantitative estimate of drug-likeness (QED) is 0.489. The Morgan fingerprint density at radius 1 is 0.923 bits per heavy atom. The van der Waals surface area contributed by atoms with E-state index in [1.807, 2.05) is 44.3 Å². The number of benzene rings is 3. The van der Waals surface area contributed by atoms with E-state index in [2.05, 4.69) is 41.5 Å². The smallest absolute Gasteiger partial charge is 0.169 e. The number of fused-ring (bicyclic) bond motifs is 5. The van der Waals surface area contributed by atoms with Crippen LogP contribution in [0.4, 0.5) is 0 Å². The van der Waals surface area contributed by atoms with Gasteiger partial charge in [-0.25, -0.2) is 0 Å². The summed E-state index contributed by atoms with van der Waals surface area (Å²) in [5, 5.41) is 13.8. The normalized spacial score (nSPS) is 21.4. The van der Waals surface area contributed by atoms with Gasteiger partial charge in [-0.2, -0.15) is 0 Å². The zero-order valence-corrected chi connectivity index (χ0v) is 23.4. The van der Waals surface area contributed by atoms with E-state index in [1.54, 1.807) is 14.2 Å². The summed E-state index contributed by atoms with van der Waals surface area (Å²) in [4.78, 5) is 2.39. The van der Waals surface area contributed by atoms with Gasteiger partial charge < -0.3 is 29.4 Å². The summed E-state index contributed by atoms with van der Waals surface area (Å²) in [5.41, 5.74) is 5.69. The van der Waals surface area contributed by atoms with Gasteiger partial charge in [0, 0.05) is 18.6 Å². The summed E-state index contributed by atoms with van der Waals surface area (Å²) in [6.45, 7) is 2.73. The molecule has 6 bridgehead atoms. The van der Waals surface area contributed by atoms with Gasteiger partial charge in [0.1, 0.15) is 18.1 Å². The molecule has 39 heavy (non-hydrogen) atoms. The molecule has 3 aliphatic rings. The molecule has 3 aliphatic heterocycles. The first kappa shape index (κ1) is 27.1. The minimum absolute atomic E-state index is 0.0749. The molecule has 3 aromatic carbocycles. The molecule has 7 nitrogen and oxygen atoms in total. The Balaban J connectivity index is 1.65. The Morgan fingerprint density at radius 2 is 1.64 bits per heavy atom. The van der Waals surface area contributed by atoms with Crippen LogP contribution in [0.3, 0.4) is 0 Å². The van der Waals surface area contributed by atoms with Crippen LogP contribution in [0.15, 0.2) is 65.9 Å². The number of nitrogens with zero attached hydrogens (tertiary/aromatic N) is 1. The van der Waals surface area contributed by atoms with Crippen LogP contribution in [0.25, 0.3) is 0 Å². The third kappa shape index (κ3) is 5.62. The van der Waals surface area contributed by atoms with Crippen molar-refractivity contribution in [3.63, 3.8) is 0 Å². The molecule has 6 rings (SSSR count). The highest BCUT2D eigenvalue weighted by Gasteiger charge is 2.28. The summed E-state index contributed by atoms with van der Waals surface area (Å²) < 4.78 is 24.1. The lowest BCUT2D eigenvalue weighted by molar-refractivity contribution is 0.226. The third-order valence-corrected chi connectivity index (χ3v) is 7.99. The monoisotopic (exact) mass is 530 g/mol. The average Bonchev–Trinajstić information content (AvgIpc) is 2.96. The van der Waals surface area contributed by atoms with Gasteiger partial charge in [0.25, 0.3) is 0 Å². The van der Waals surface area contributed by atoms with Gasteiger partial charge in [0.05, 0.1) is 14.2 Å². The molecule has 0 amide bonds. The molecular formula is C32H38N2O5. The van der Waals surface area contributed by atoms with Gasteiger partial charge in [-0.1, -0.05) is 18.2 Å². The summed E-state index contributed by atoms with van der Waals surface area (Å²) in [5.74, 6) is 3.90. The van der Waals surface area contributed by atoms with E-state index in [4.69, 9.17) is 18.9 Å². The number of hydrogen-bond acceptors (Lipinski definition) is 7. The van der Waals surface area contributed by atoms with Crippen LogP contribution >= 0.6 is 0 Å². The molecule has 3 heterocycles. The van der Waals surface area contributed by atoms with Gasteiger partial charge in [0.2, 0.25) is 0 Å². The van der Waals surface area contributed by atoms with Gasteiger partial charge >= 0.3 is 0 Å². The molecule has 2 atom stereocenters. The molecular weight excluding hydrogens is 492 g/mol. The van der Waals surface area contributed by atoms with Crippen molar-refractivity contribution in [2.24, 2.45) is 0 Å². The van der Waals surface area contributed by atoms with E-state index in [0.29, 0.717) is 35.2 Å². The van der Waals surface area contributed by atoms with Crippen LogP contribution in [-0.4, -0.2) is 57.5 Å². The maximum absolute atomic E-state index is 10.4. The Kier molecular flexibility index (Phi) is 8.12. The Morgan fingerprint density at radius 3 is 2.33 bits per heavy atom. The maximum atomic E-state index is 10.4. The van der Waals surface area contributed by atoms with Crippen molar-refractivity contribution >= 4 is 0 Å². The first-order chi connectivity index (χ1) is 18.9. The molecule has 2 N–H and O–H groups in total. The van der Waals surface area contributed by atoms with Crippen LogP contribution in [0, 0.1) is 0 Å². The fourth-order valence-corrected chi connectivity index (χ4v) is 5.58. The minimum Gasteiger partial charge on any atom is -0.493 e. The van der Waals surface area contributed by atoms with Crippen molar-refractivity contribution in [1.29, 1.82) is 0 Å². The van der Waals surface area contributed by atoms with E-state index in [0.717, 1.165) is 36.3 Å². The van der Waals surface area contributed by atoms with E-state index in [9.17, 15) is 5.11 Å². The predicted octanol–water partition coefficient (Wildman–Crippen LogP) is 5.06. The maximum Gasteiger partial charge on any atom is 0.169 e. The highest BCUT2D eigenvalue weighted by molar-refractivity contribution is 5.51. The summed E-state index contributed by atoms with van der Waals surface area (Å²) in [6.07, 6.45) is 2.45. The second kappa shape index (κ2) is 11.7. The van der Waals surface area contributed by atoms with Crippen molar-refractivity contribution in [2.75, 3.05) is 41.5 Å². The highest BCUT2D eigenvalue weighted by atomic mass is 16.5. The molecule has 206 valence electrons. The molecule has 0 spiro atoms. The molecule has 7 heteroatoms. The van der Waals surface area contributed by atoms with E-state index >= 15 is 0 Å². The number of aliphatic hydroxyl groups is 1. The zero-order valence-electron chi connectivity index (χ0n) is 23.4. The van der Waals surface area contributed by atoms with Crippen molar-refractivity contribution in [1.82, 2.24) is 10.2 Å². The fraction of sp³-hybridized carbons (Fsp3) is 0.375. The second-order valence-corrected chi connectivity index (χ2v) is 10.3. The van der Waals surface area contributed by atoms with E-state index in [-0.39, 0.29) is 18.7 Å². The number of ether oxygens (including phenoxy) is 4. The van der Waals surface area contributed by atoms with Crippen LogP contribution in [0.2, 0.25) is 0 Å². The number of likely N-dealkylation sites (N-methyl/N-ethyl adjacent to an activating group) is 2. The number of aliphatic hydroxyl groups excluding tert-OH is 1. The summed E-state index contributed by atoms with van der Waals surface area (Å²) in [6, 6.07) is 18.6. The van der Waals surface area contributed by atoms with Gasteiger partial charge in [-0.05, 0) is 105 Å². The van der Waals surface area contributed by atoms with E-state index < -0.39 is 0 Å². The standard InChI is InChI=1S/C32H38N2O5/c1-20-26(33-2)14-22-8-11-28(36-4)30(16-22)38-24-9-6-21(7-10-24)15-27-25-18-31(39-32(20)19-35)29(37-5)17-23(25)12-13-34(27)3/h6-11,16-18,26-27,33,35H,12-15,19H2,1-5H3/b32-20-/t26-,27-/m0/s1. The lowest BCUT2D eigenvalue weighted by Crippen LogP contribution is -2.33. The molecule has 0 fully saturated rings. The molecule has 0 unspecified atom stereocenters. The number of rotatable bonds is 4. The first-order valence-electron chi connectivity index (χ1n) is 13.4. The second-order valence-electron chi connectivity index (χ2n) is 10.3. The Bertz CT molecular complexity index is 1350. The third-order valence-electron chi connectivity index (χ3n) is 7.99.